The van der Waals surface area contributed by atoms with E-state index in [-0.39, 0.29) is 6.10 Å². The summed E-state index contributed by atoms with van der Waals surface area (Å²) in [4.78, 5) is 10.3. The first-order chi connectivity index (χ1) is 4.79. The predicted octanol–water partition coefficient (Wildman–Crippen LogP) is 1.23. The Balaban J connectivity index is 2.19. The van der Waals surface area contributed by atoms with Crippen LogP contribution in [0.1, 0.15) is 12.8 Å². The normalized spacial score (nSPS) is 20.5. The molecular weight excluding hydrogens is 152 g/mol. The summed E-state index contributed by atoms with van der Waals surface area (Å²) in [5.74, 6) is 0. The van der Waals surface area contributed by atoms with Gasteiger partial charge in [0.05, 0.1) is 13.2 Å². The van der Waals surface area contributed by atoms with Crippen LogP contribution in [0, 0.1) is 0 Å². The lowest BCUT2D eigenvalue weighted by Gasteiger charge is -2.20. The Labute approximate surface area is 65.1 Å². The summed E-state index contributed by atoms with van der Waals surface area (Å²) in [5, 5.41) is -0.494. The van der Waals surface area contributed by atoms with Gasteiger partial charge in [-0.1, -0.05) is 12.6 Å². The van der Waals surface area contributed by atoms with Crippen LogP contribution in [0.4, 0.5) is 4.79 Å². The van der Waals surface area contributed by atoms with Crippen LogP contribution in [0.2, 0.25) is 0 Å². The van der Waals surface area contributed by atoms with Crippen molar-refractivity contribution in [3.63, 3.8) is 0 Å². The molecule has 1 heterocycles. The summed E-state index contributed by atoms with van der Waals surface area (Å²) < 4.78 is 9.90. The molecule has 0 aromatic rings. The first-order valence-corrected chi connectivity index (χ1v) is 3.71. The average Bonchev–Trinajstić information content (AvgIpc) is 1.88. The van der Waals surface area contributed by atoms with E-state index in [9.17, 15) is 4.79 Å². The Morgan fingerprint density at radius 2 is 2.10 bits per heavy atom. The lowest BCUT2D eigenvalue weighted by atomic mass is 10.2. The van der Waals surface area contributed by atoms with Gasteiger partial charge in [0.2, 0.25) is 0 Å². The first kappa shape index (κ1) is 7.88. The summed E-state index contributed by atoms with van der Waals surface area (Å²) in [6.07, 6.45) is 1.62. The minimum atomic E-state index is -0.494. The minimum absolute atomic E-state index is 0.0266. The van der Waals surface area contributed by atoms with Crippen molar-refractivity contribution in [1.82, 2.24) is 0 Å². The molecule has 1 fully saturated rings. The van der Waals surface area contributed by atoms with Crippen molar-refractivity contribution in [1.29, 1.82) is 0 Å². The summed E-state index contributed by atoms with van der Waals surface area (Å²) in [6.45, 7) is 1.37. The molecule has 0 N–H and O–H groups in total. The molecule has 0 amide bonds. The molecule has 1 aliphatic rings. The van der Waals surface area contributed by atoms with Crippen molar-refractivity contribution >= 4 is 17.9 Å². The molecule has 0 saturated carbocycles. The fraction of sp³-hybridized carbons (Fsp3) is 0.833. The maximum absolute atomic E-state index is 10.3. The quantitative estimate of drug-likeness (QED) is 0.465. The molecule has 1 aliphatic heterocycles. The van der Waals surface area contributed by atoms with Crippen molar-refractivity contribution in [3.8, 4) is 0 Å². The average molecular weight is 162 g/mol. The van der Waals surface area contributed by atoms with Crippen LogP contribution in [0.5, 0.6) is 0 Å². The Hall–Kier alpha value is -0.220. The predicted molar refractivity (Wildman–Crippen MR) is 39.3 cm³/mol. The molecule has 1 rings (SSSR count). The highest BCUT2D eigenvalue weighted by Crippen LogP contribution is 2.11. The third kappa shape index (κ3) is 2.58. The van der Waals surface area contributed by atoms with Crippen LogP contribution in [-0.2, 0) is 9.47 Å². The van der Waals surface area contributed by atoms with Gasteiger partial charge in [-0.15, -0.1) is 0 Å². The topological polar surface area (TPSA) is 35.5 Å². The third-order valence-electron chi connectivity index (χ3n) is 1.44. The lowest BCUT2D eigenvalue weighted by molar-refractivity contribution is 0.00994. The van der Waals surface area contributed by atoms with E-state index in [2.05, 4.69) is 12.6 Å². The highest BCUT2D eigenvalue weighted by atomic mass is 32.1. The fourth-order valence-electron chi connectivity index (χ4n) is 0.936. The molecule has 0 atom stereocenters. The number of hydrogen-bond donors (Lipinski definition) is 1. The summed E-state index contributed by atoms with van der Waals surface area (Å²) >= 11 is 3.51. The van der Waals surface area contributed by atoms with Crippen LogP contribution >= 0.6 is 12.6 Å². The number of ether oxygens (including phenoxy) is 2. The van der Waals surface area contributed by atoms with Crippen molar-refractivity contribution in [3.05, 3.63) is 0 Å². The van der Waals surface area contributed by atoms with Gasteiger partial charge >= 0.3 is 5.30 Å². The Kier molecular flexibility index (Phi) is 3.02. The first-order valence-electron chi connectivity index (χ1n) is 3.26. The highest BCUT2D eigenvalue weighted by molar-refractivity contribution is 7.96. The van der Waals surface area contributed by atoms with E-state index >= 15 is 0 Å². The molecule has 10 heavy (non-hydrogen) atoms. The SMILES string of the molecule is O=C(S)OC1CCOCC1. The summed E-state index contributed by atoms with van der Waals surface area (Å²) in [7, 11) is 0. The molecule has 0 bridgehead atoms. The van der Waals surface area contributed by atoms with Crippen LogP contribution < -0.4 is 0 Å². The zero-order valence-electron chi connectivity index (χ0n) is 5.58. The van der Waals surface area contributed by atoms with Crippen LogP contribution in [0.25, 0.3) is 0 Å². The van der Waals surface area contributed by atoms with Gasteiger partial charge < -0.3 is 9.47 Å². The molecule has 58 valence electrons. The number of rotatable bonds is 1. The number of carbonyl (C=O) groups is 1. The molecule has 0 aliphatic carbocycles. The van der Waals surface area contributed by atoms with E-state index in [0.717, 1.165) is 12.8 Å². The lowest BCUT2D eigenvalue weighted by Crippen LogP contribution is -2.24. The maximum atomic E-state index is 10.3. The second-order valence-corrected chi connectivity index (χ2v) is 2.56. The van der Waals surface area contributed by atoms with E-state index in [0.29, 0.717) is 13.2 Å². The largest absolute Gasteiger partial charge is 0.454 e. The van der Waals surface area contributed by atoms with E-state index in [1.54, 1.807) is 0 Å². The van der Waals surface area contributed by atoms with E-state index in [1.807, 2.05) is 0 Å². The molecular formula is C6H10O3S. The maximum Gasteiger partial charge on any atom is 0.364 e. The Morgan fingerprint density at radius 3 is 2.60 bits per heavy atom. The molecule has 0 radical (unpaired) electrons. The summed E-state index contributed by atoms with van der Waals surface area (Å²) in [5.41, 5.74) is 0. The Morgan fingerprint density at radius 1 is 1.50 bits per heavy atom. The van der Waals surface area contributed by atoms with Crippen molar-refractivity contribution in [2.45, 2.75) is 18.9 Å². The van der Waals surface area contributed by atoms with Crippen LogP contribution in [0.3, 0.4) is 0 Å². The highest BCUT2D eigenvalue weighted by Gasteiger charge is 2.15. The number of carbonyl (C=O) groups excluding carboxylic acids is 1. The standard InChI is InChI=1S/C6H10O3S/c7-6(10)9-5-1-3-8-4-2-5/h5H,1-4H2,(H,7,10). The molecule has 3 nitrogen and oxygen atoms in total. The molecule has 4 heteroatoms. The second-order valence-electron chi connectivity index (χ2n) is 2.20. The van der Waals surface area contributed by atoms with E-state index in [1.165, 1.54) is 0 Å². The third-order valence-corrected chi connectivity index (χ3v) is 1.54. The van der Waals surface area contributed by atoms with Crippen LogP contribution in [0.15, 0.2) is 0 Å². The second kappa shape index (κ2) is 3.83. The molecule has 0 spiro atoms. The molecule has 0 unspecified atom stereocenters. The number of hydrogen-bond acceptors (Lipinski definition) is 3. The monoisotopic (exact) mass is 162 g/mol. The van der Waals surface area contributed by atoms with Gasteiger partial charge in [0.1, 0.15) is 6.10 Å². The van der Waals surface area contributed by atoms with Gasteiger partial charge in [-0.3, -0.25) is 0 Å². The zero-order chi connectivity index (χ0) is 7.40. The fourth-order valence-corrected chi connectivity index (χ4v) is 1.09. The minimum Gasteiger partial charge on any atom is -0.454 e. The summed E-state index contributed by atoms with van der Waals surface area (Å²) in [6, 6.07) is 0. The van der Waals surface area contributed by atoms with E-state index < -0.39 is 5.30 Å². The van der Waals surface area contributed by atoms with Gasteiger partial charge in [0.15, 0.2) is 0 Å². The smallest absolute Gasteiger partial charge is 0.364 e. The van der Waals surface area contributed by atoms with Crippen LogP contribution in [-0.4, -0.2) is 24.6 Å². The Bertz CT molecular complexity index is 120. The zero-order valence-corrected chi connectivity index (χ0v) is 6.47. The van der Waals surface area contributed by atoms with E-state index in [4.69, 9.17) is 9.47 Å². The van der Waals surface area contributed by atoms with Gasteiger partial charge in [-0.05, 0) is 0 Å². The van der Waals surface area contributed by atoms with Gasteiger partial charge in [-0.25, -0.2) is 4.79 Å². The molecule has 0 aromatic heterocycles. The molecule has 1 saturated heterocycles. The van der Waals surface area contributed by atoms with Crippen molar-refractivity contribution < 1.29 is 14.3 Å². The van der Waals surface area contributed by atoms with Gasteiger partial charge in [0.25, 0.3) is 0 Å². The van der Waals surface area contributed by atoms with Gasteiger partial charge in [0, 0.05) is 12.8 Å². The van der Waals surface area contributed by atoms with Gasteiger partial charge in [-0.2, -0.15) is 0 Å². The molecule has 0 aromatic carbocycles. The number of thiol groups is 1. The van der Waals surface area contributed by atoms with Crippen molar-refractivity contribution in [2.75, 3.05) is 13.2 Å². The van der Waals surface area contributed by atoms with Crippen molar-refractivity contribution in [2.24, 2.45) is 0 Å².